The summed E-state index contributed by atoms with van der Waals surface area (Å²) >= 11 is 0. The fourth-order valence-corrected chi connectivity index (χ4v) is 4.46. The van der Waals surface area contributed by atoms with Crippen molar-refractivity contribution in [1.29, 1.82) is 5.26 Å². The predicted octanol–water partition coefficient (Wildman–Crippen LogP) is 6.78. The summed E-state index contributed by atoms with van der Waals surface area (Å²) < 4.78 is 17.3. The van der Waals surface area contributed by atoms with E-state index in [0.717, 1.165) is 28.9 Å². The molecule has 190 valence electrons. The lowest BCUT2D eigenvalue weighted by Crippen LogP contribution is -2.21. The summed E-state index contributed by atoms with van der Waals surface area (Å²) in [6, 6.07) is 22.3. The number of allylic oxidation sites excluding steroid dienone is 1. The minimum absolute atomic E-state index is 0.0368. The van der Waals surface area contributed by atoms with Crippen LogP contribution in [0.15, 0.2) is 78.2 Å². The lowest BCUT2D eigenvalue weighted by Gasteiger charge is -2.27. The van der Waals surface area contributed by atoms with Crippen LogP contribution in [-0.2, 0) is 0 Å². The van der Waals surface area contributed by atoms with Gasteiger partial charge in [-0.15, -0.1) is 0 Å². The second kappa shape index (κ2) is 12.1. The third-order valence-corrected chi connectivity index (χ3v) is 6.50. The Balaban J connectivity index is 1.52. The van der Waals surface area contributed by atoms with Gasteiger partial charge in [0.1, 0.15) is 28.9 Å². The van der Waals surface area contributed by atoms with E-state index in [4.69, 9.17) is 19.9 Å². The average molecular weight is 497 g/mol. The van der Waals surface area contributed by atoms with Crippen LogP contribution in [0.1, 0.15) is 72.0 Å². The van der Waals surface area contributed by atoms with Crippen molar-refractivity contribution in [2.24, 2.45) is 5.73 Å². The largest absolute Gasteiger partial charge is 0.494 e. The maximum atomic E-state index is 12.7. The molecule has 2 N–H and O–H groups in total. The van der Waals surface area contributed by atoms with E-state index in [-0.39, 0.29) is 5.88 Å². The molecule has 0 radical (unpaired) electrons. The highest BCUT2D eigenvalue weighted by Crippen LogP contribution is 2.43. The highest BCUT2D eigenvalue weighted by Gasteiger charge is 2.31. The lowest BCUT2D eigenvalue weighted by molar-refractivity contribution is 0.0733. The van der Waals surface area contributed by atoms with Crippen molar-refractivity contribution in [2.75, 3.05) is 6.61 Å². The van der Waals surface area contributed by atoms with Gasteiger partial charge in [-0.3, -0.25) is 0 Å². The molecule has 0 amide bonds. The standard InChI is InChI=1S/C31H32N2O4/c1-3-4-5-6-9-18-35-23-14-12-22(13-15-23)29-26-17-16-24(19-28(26)37-30(33)27(29)20-32)36-31(34)25-11-8-7-10-21(25)2/h7-8,10-17,19,29H,3-6,9,18,33H2,1-2H3. The number of hydrogen-bond acceptors (Lipinski definition) is 6. The molecule has 0 spiro atoms. The first-order chi connectivity index (χ1) is 18.0. The second-order valence-corrected chi connectivity index (χ2v) is 9.16. The Hall–Kier alpha value is -4.24. The van der Waals surface area contributed by atoms with E-state index in [2.05, 4.69) is 13.0 Å². The van der Waals surface area contributed by atoms with Crippen molar-refractivity contribution in [3.8, 4) is 23.3 Å². The zero-order chi connectivity index (χ0) is 26.2. The zero-order valence-electron chi connectivity index (χ0n) is 21.3. The predicted molar refractivity (Wildman–Crippen MR) is 143 cm³/mol. The average Bonchev–Trinajstić information content (AvgIpc) is 2.90. The molecule has 1 aliphatic heterocycles. The van der Waals surface area contributed by atoms with Crippen molar-refractivity contribution in [1.82, 2.24) is 0 Å². The molecule has 0 aromatic heterocycles. The third-order valence-electron chi connectivity index (χ3n) is 6.50. The molecule has 0 fully saturated rings. The highest BCUT2D eigenvalue weighted by molar-refractivity contribution is 5.92. The van der Waals surface area contributed by atoms with E-state index in [1.165, 1.54) is 25.7 Å². The smallest absolute Gasteiger partial charge is 0.343 e. The van der Waals surface area contributed by atoms with E-state index in [9.17, 15) is 10.1 Å². The first kappa shape index (κ1) is 25.8. The van der Waals surface area contributed by atoms with Gasteiger partial charge in [0.05, 0.1) is 18.1 Å². The fourth-order valence-electron chi connectivity index (χ4n) is 4.46. The number of nitrogens with two attached hydrogens (primary N) is 1. The minimum Gasteiger partial charge on any atom is -0.494 e. The maximum Gasteiger partial charge on any atom is 0.343 e. The van der Waals surface area contributed by atoms with Crippen molar-refractivity contribution in [2.45, 2.75) is 51.9 Å². The van der Waals surface area contributed by atoms with Gasteiger partial charge in [-0.25, -0.2) is 4.79 Å². The zero-order valence-corrected chi connectivity index (χ0v) is 21.3. The van der Waals surface area contributed by atoms with Gasteiger partial charge in [0.25, 0.3) is 0 Å². The number of nitrogens with zero attached hydrogens (tertiary/aromatic N) is 1. The molecular weight excluding hydrogens is 464 g/mol. The quantitative estimate of drug-likeness (QED) is 0.189. The Morgan fingerprint density at radius 2 is 1.73 bits per heavy atom. The molecule has 1 atom stereocenters. The molecule has 3 aromatic carbocycles. The van der Waals surface area contributed by atoms with Crippen LogP contribution < -0.4 is 19.9 Å². The highest BCUT2D eigenvalue weighted by atomic mass is 16.5. The minimum atomic E-state index is -0.451. The number of rotatable bonds is 10. The first-order valence-electron chi connectivity index (χ1n) is 12.7. The number of aryl methyl sites for hydroxylation is 1. The van der Waals surface area contributed by atoms with E-state index < -0.39 is 11.9 Å². The van der Waals surface area contributed by atoms with Gasteiger partial charge in [0.2, 0.25) is 5.88 Å². The Labute approximate surface area is 218 Å². The number of esters is 1. The van der Waals surface area contributed by atoms with Gasteiger partial charge in [0.15, 0.2) is 0 Å². The SMILES string of the molecule is CCCCCCCOc1ccc(C2C(C#N)=C(N)Oc3cc(OC(=O)c4ccccc4C)ccc32)cc1. The van der Waals surface area contributed by atoms with Crippen LogP contribution in [0.3, 0.4) is 0 Å². The molecule has 6 heteroatoms. The fraction of sp³-hybridized carbons (Fsp3) is 0.290. The molecule has 3 aromatic rings. The summed E-state index contributed by atoms with van der Waals surface area (Å²) in [6.07, 6.45) is 5.92. The maximum absolute atomic E-state index is 12.7. The summed E-state index contributed by atoms with van der Waals surface area (Å²) in [7, 11) is 0. The van der Waals surface area contributed by atoms with Crippen molar-refractivity contribution in [3.63, 3.8) is 0 Å². The molecule has 0 aliphatic carbocycles. The lowest BCUT2D eigenvalue weighted by atomic mass is 9.83. The van der Waals surface area contributed by atoms with Crippen LogP contribution in [0.4, 0.5) is 0 Å². The molecule has 0 bridgehead atoms. The Morgan fingerprint density at radius 1 is 1.00 bits per heavy atom. The van der Waals surface area contributed by atoms with Crippen molar-refractivity contribution in [3.05, 3.63) is 100 Å². The number of ether oxygens (including phenoxy) is 3. The monoisotopic (exact) mass is 496 g/mol. The van der Waals surface area contributed by atoms with E-state index in [0.29, 0.717) is 29.2 Å². The number of hydrogen-bond donors (Lipinski definition) is 1. The summed E-state index contributed by atoms with van der Waals surface area (Å²) in [6.45, 7) is 4.75. The molecule has 37 heavy (non-hydrogen) atoms. The normalized spacial score (nSPS) is 14.4. The van der Waals surface area contributed by atoms with Crippen LogP contribution in [0.25, 0.3) is 0 Å². The van der Waals surface area contributed by atoms with Crippen LogP contribution in [0, 0.1) is 18.3 Å². The van der Waals surface area contributed by atoms with Gasteiger partial charge in [-0.1, -0.05) is 69.0 Å². The van der Waals surface area contributed by atoms with Gasteiger partial charge in [-0.05, 0) is 48.7 Å². The summed E-state index contributed by atoms with van der Waals surface area (Å²) in [5, 5.41) is 9.84. The van der Waals surface area contributed by atoms with E-state index in [1.807, 2.05) is 49.4 Å². The molecule has 1 heterocycles. The first-order valence-corrected chi connectivity index (χ1v) is 12.7. The Morgan fingerprint density at radius 3 is 2.46 bits per heavy atom. The number of nitriles is 1. The second-order valence-electron chi connectivity index (χ2n) is 9.16. The van der Waals surface area contributed by atoms with Crippen molar-refractivity contribution < 1.29 is 19.0 Å². The molecule has 1 unspecified atom stereocenters. The Kier molecular flexibility index (Phi) is 8.48. The number of fused-ring (bicyclic) bond motifs is 1. The van der Waals surface area contributed by atoms with Gasteiger partial charge < -0.3 is 19.9 Å². The molecule has 0 saturated carbocycles. The van der Waals surface area contributed by atoms with Crippen LogP contribution >= 0.6 is 0 Å². The molecular formula is C31H32N2O4. The van der Waals surface area contributed by atoms with Gasteiger partial charge in [-0.2, -0.15) is 5.26 Å². The topological polar surface area (TPSA) is 94.6 Å². The number of benzene rings is 3. The third kappa shape index (κ3) is 6.13. The van der Waals surface area contributed by atoms with Gasteiger partial charge >= 0.3 is 5.97 Å². The van der Waals surface area contributed by atoms with E-state index >= 15 is 0 Å². The summed E-state index contributed by atoms with van der Waals surface area (Å²) in [4.78, 5) is 12.7. The van der Waals surface area contributed by atoms with Crippen LogP contribution in [0.2, 0.25) is 0 Å². The number of unbranched alkanes of at least 4 members (excludes halogenated alkanes) is 4. The summed E-state index contributed by atoms with van der Waals surface area (Å²) in [5.41, 5.74) is 9.46. The molecule has 4 rings (SSSR count). The van der Waals surface area contributed by atoms with Crippen LogP contribution in [0.5, 0.6) is 17.2 Å². The van der Waals surface area contributed by atoms with E-state index in [1.54, 1.807) is 24.3 Å². The van der Waals surface area contributed by atoms with Gasteiger partial charge in [0, 0.05) is 11.6 Å². The Bertz CT molecular complexity index is 1320. The molecule has 6 nitrogen and oxygen atoms in total. The summed E-state index contributed by atoms with van der Waals surface area (Å²) in [5.74, 6) is 0.756. The van der Waals surface area contributed by atoms with Crippen LogP contribution in [-0.4, -0.2) is 12.6 Å². The number of carbonyl (C=O) groups excluding carboxylic acids is 1. The van der Waals surface area contributed by atoms with Crippen molar-refractivity contribution >= 4 is 5.97 Å². The number of carbonyl (C=O) groups is 1. The molecule has 1 aliphatic rings. The molecule has 0 saturated heterocycles.